The van der Waals surface area contributed by atoms with E-state index in [0.717, 1.165) is 12.1 Å². The van der Waals surface area contributed by atoms with E-state index in [2.05, 4.69) is 13.8 Å². The Labute approximate surface area is 151 Å². The number of aromatic nitrogens is 1. The van der Waals surface area contributed by atoms with Crippen molar-refractivity contribution in [2.45, 2.75) is 46.7 Å². The van der Waals surface area contributed by atoms with Crippen LogP contribution in [0, 0.1) is 5.92 Å². The smallest absolute Gasteiger partial charge is 0.249 e. The van der Waals surface area contributed by atoms with E-state index in [1.165, 1.54) is 7.11 Å². The molecule has 1 heterocycles. The first-order chi connectivity index (χ1) is 11.8. The Kier molecular flexibility index (Phi) is 8.69. The third-order valence-electron chi connectivity index (χ3n) is 4.36. The van der Waals surface area contributed by atoms with Gasteiger partial charge in [-0.1, -0.05) is 20.8 Å². The summed E-state index contributed by atoms with van der Waals surface area (Å²) in [5.41, 5.74) is 1.08. The number of hydrogen-bond donors (Lipinski definition) is 0. The highest BCUT2D eigenvalue weighted by atomic mass is 16.5. The molecule has 1 aromatic rings. The van der Waals surface area contributed by atoms with Crippen LogP contribution in [0.2, 0.25) is 0 Å². The molecule has 0 N–H and O–H groups in total. The topological polar surface area (TPSA) is 54.8 Å². The van der Waals surface area contributed by atoms with Gasteiger partial charge in [-0.15, -0.1) is 0 Å². The first-order valence-corrected chi connectivity index (χ1v) is 8.96. The van der Waals surface area contributed by atoms with E-state index in [-0.39, 0.29) is 31.0 Å². The molecule has 0 aliphatic heterocycles. The molecule has 25 heavy (non-hydrogen) atoms. The molecule has 0 spiro atoms. The molecule has 0 fully saturated rings. The molecule has 6 heteroatoms. The first kappa shape index (κ1) is 21.2. The summed E-state index contributed by atoms with van der Waals surface area (Å²) in [6.07, 6.45) is 2.77. The summed E-state index contributed by atoms with van der Waals surface area (Å²) in [5, 5.41) is 0. The fraction of sp³-hybridized carbons (Fsp3) is 0.684. The van der Waals surface area contributed by atoms with Gasteiger partial charge < -0.3 is 19.1 Å². The maximum absolute atomic E-state index is 12.9. The third kappa shape index (κ3) is 6.53. The van der Waals surface area contributed by atoms with Crippen LogP contribution in [0.4, 0.5) is 0 Å². The Morgan fingerprint density at radius 2 is 1.92 bits per heavy atom. The molecule has 0 aromatic carbocycles. The van der Waals surface area contributed by atoms with E-state index >= 15 is 0 Å². The normalized spacial score (nSPS) is 12.3. The average Bonchev–Trinajstić information content (AvgIpc) is 2.95. The number of rotatable bonds is 10. The number of carbonyl (C=O) groups is 2. The molecular weight excluding hydrogens is 318 g/mol. The fourth-order valence-corrected chi connectivity index (χ4v) is 2.71. The van der Waals surface area contributed by atoms with E-state index in [0.29, 0.717) is 19.0 Å². The van der Waals surface area contributed by atoms with E-state index in [9.17, 15) is 9.59 Å². The van der Waals surface area contributed by atoms with E-state index < -0.39 is 0 Å². The second-order valence-corrected chi connectivity index (χ2v) is 6.99. The van der Waals surface area contributed by atoms with Gasteiger partial charge in [-0.2, -0.15) is 0 Å². The molecule has 1 atom stereocenters. The van der Waals surface area contributed by atoms with Gasteiger partial charge in [-0.25, -0.2) is 0 Å². The zero-order valence-corrected chi connectivity index (χ0v) is 16.5. The van der Waals surface area contributed by atoms with Crippen LogP contribution < -0.4 is 0 Å². The van der Waals surface area contributed by atoms with Crippen LogP contribution in [0.25, 0.3) is 0 Å². The van der Waals surface area contributed by atoms with Gasteiger partial charge in [0.05, 0.1) is 6.54 Å². The van der Waals surface area contributed by atoms with Gasteiger partial charge in [-0.05, 0) is 31.4 Å². The van der Waals surface area contributed by atoms with E-state index in [1.807, 2.05) is 48.7 Å². The van der Waals surface area contributed by atoms with Gasteiger partial charge in [0.25, 0.3) is 0 Å². The molecule has 6 nitrogen and oxygen atoms in total. The molecule has 0 saturated carbocycles. The van der Waals surface area contributed by atoms with E-state index in [4.69, 9.17) is 4.74 Å². The summed E-state index contributed by atoms with van der Waals surface area (Å²) in [5.74, 6) is 0.184. The van der Waals surface area contributed by atoms with Crippen molar-refractivity contribution in [1.82, 2.24) is 14.4 Å². The molecule has 0 bridgehead atoms. The molecule has 0 saturated heterocycles. The fourth-order valence-electron chi connectivity index (χ4n) is 2.71. The number of hydrogen-bond acceptors (Lipinski definition) is 3. The van der Waals surface area contributed by atoms with Crippen LogP contribution in [-0.2, 0) is 27.9 Å². The molecule has 1 unspecified atom stereocenters. The molecule has 1 aromatic heterocycles. The molecule has 1 rings (SSSR count). The monoisotopic (exact) mass is 351 g/mol. The molecule has 0 aliphatic carbocycles. The van der Waals surface area contributed by atoms with Crippen LogP contribution in [0.3, 0.4) is 0 Å². The molecule has 0 radical (unpaired) electrons. The van der Waals surface area contributed by atoms with Gasteiger partial charge in [0, 0.05) is 38.6 Å². The summed E-state index contributed by atoms with van der Waals surface area (Å²) in [6, 6.07) is 3.99. The van der Waals surface area contributed by atoms with Crippen molar-refractivity contribution in [3.05, 3.63) is 24.0 Å². The maximum Gasteiger partial charge on any atom is 0.249 e. The number of ether oxygens (including phenoxy) is 1. The van der Waals surface area contributed by atoms with Crippen molar-refractivity contribution < 1.29 is 14.3 Å². The Morgan fingerprint density at radius 1 is 1.24 bits per heavy atom. The van der Waals surface area contributed by atoms with Crippen molar-refractivity contribution in [3.8, 4) is 0 Å². The molecule has 142 valence electrons. The predicted octanol–water partition coefficient (Wildman–Crippen LogP) is 2.28. The van der Waals surface area contributed by atoms with Crippen molar-refractivity contribution in [2.24, 2.45) is 13.0 Å². The van der Waals surface area contributed by atoms with Gasteiger partial charge in [-0.3, -0.25) is 9.59 Å². The predicted molar refractivity (Wildman–Crippen MR) is 99.0 cm³/mol. The number of methoxy groups -OCH3 is 1. The molecule has 0 aliphatic rings. The minimum Gasteiger partial charge on any atom is -0.375 e. The van der Waals surface area contributed by atoms with Crippen molar-refractivity contribution in [2.75, 3.05) is 26.8 Å². The van der Waals surface area contributed by atoms with Crippen LogP contribution in [0.5, 0.6) is 0 Å². The lowest BCUT2D eigenvalue weighted by atomic mass is 10.2. The zero-order valence-electron chi connectivity index (χ0n) is 16.5. The maximum atomic E-state index is 12.9. The summed E-state index contributed by atoms with van der Waals surface area (Å²) < 4.78 is 6.98. The lowest BCUT2D eigenvalue weighted by molar-refractivity contribution is -0.145. The first-order valence-electron chi connectivity index (χ1n) is 8.96. The lowest BCUT2D eigenvalue weighted by Crippen LogP contribution is -2.48. The minimum absolute atomic E-state index is 0.000386. The van der Waals surface area contributed by atoms with Crippen LogP contribution in [0.1, 0.15) is 39.8 Å². The van der Waals surface area contributed by atoms with Crippen molar-refractivity contribution in [3.63, 3.8) is 0 Å². The highest BCUT2D eigenvalue weighted by Crippen LogP contribution is 2.11. The number of nitrogens with zero attached hydrogens (tertiary/aromatic N) is 3. The quantitative estimate of drug-likeness (QED) is 0.650. The highest BCUT2D eigenvalue weighted by molar-refractivity contribution is 5.85. The van der Waals surface area contributed by atoms with Gasteiger partial charge >= 0.3 is 0 Å². The van der Waals surface area contributed by atoms with Gasteiger partial charge in [0.15, 0.2) is 0 Å². The van der Waals surface area contributed by atoms with Crippen molar-refractivity contribution >= 4 is 11.8 Å². The Morgan fingerprint density at radius 3 is 2.40 bits per heavy atom. The second kappa shape index (κ2) is 10.2. The van der Waals surface area contributed by atoms with Crippen molar-refractivity contribution in [1.29, 1.82) is 0 Å². The van der Waals surface area contributed by atoms with Crippen LogP contribution in [-0.4, -0.2) is 59.0 Å². The highest BCUT2D eigenvalue weighted by Gasteiger charge is 2.25. The number of amides is 2. The Bertz CT molecular complexity index is 554. The molecular formula is C19H33N3O3. The summed E-state index contributed by atoms with van der Waals surface area (Å²) in [6.45, 7) is 9.46. The number of aryl methyl sites for hydroxylation is 1. The summed E-state index contributed by atoms with van der Waals surface area (Å²) >= 11 is 0. The summed E-state index contributed by atoms with van der Waals surface area (Å²) in [4.78, 5) is 28.7. The Hall–Kier alpha value is -1.82. The average molecular weight is 351 g/mol. The Balaban J connectivity index is 2.90. The largest absolute Gasteiger partial charge is 0.375 e. The number of carbonyl (C=O) groups excluding carboxylic acids is 2. The van der Waals surface area contributed by atoms with Gasteiger partial charge in [0.2, 0.25) is 11.8 Å². The lowest BCUT2D eigenvalue weighted by Gasteiger charge is -2.32. The second-order valence-electron chi connectivity index (χ2n) is 6.99. The minimum atomic E-state index is -0.145. The third-order valence-corrected chi connectivity index (χ3v) is 4.36. The summed E-state index contributed by atoms with van der Waals surface area (Å²) in [7, 11) is 3.47. The standard InChI is InChI=1S/C19H33N3O3/c1-7-16(4)22(19(24)14-25-6)13-18(23)21(11-15(2)3)12-17-9-8-10-20(17)5/h8-10,15-16H,7,11-14H2,1-6H3. The van der Waals surface area contributed by atoms with E-state index in [1.54, 1.807) is 4.90 Å². The van der Waals surface area contributed by atoms with Crippen LogP contribution in [0.15, 0.2) is 18.3 Å². The van der Waals surface area contributed by atoms with Crippen LogP contribution >= 0.6 is 0 Å². The van der Waals surface area contributed by atoms with Gasteiger partial charge in [0.1, 0.15) is 13.2 Å². The SMILES string of the molecule is CCC(C)N(CC(=O)N(Cc1cccn1C)CC(C)C)C(=O)COC. The molecule has 2 amide bonds. The zero-order chi connectivity index (χ0) is 19.0.